The molecule has 1 N–H and O–H groups in total. The van der Waals surface area contributed by atoms with Crippen LogP contribution in [0.4, 0.5) is 5.95 Å². The Labute approximate surface area is 64.9 Å². The van der Waals surface area contributed by atoms with Gasteiger partial charge in [0.25, 0.3) is 0 Å². The largest absolute Gasteiger partial charge is 0.328 e. The van der Waals surface area contributed by atoms with Crippen molar-refractivity contribution < 1.29 is 0 Å². The molecule has 0 aliphatic carbocycles. The highest BCUT2D eigenvalue weighted by molar-refractivity contribution is 5.38. The molecule has 0 saturated carbocycles. The van der Waals surface area contributed by atoms with E-state index < -0.39 is 0 Å². The van der Waals surface area contributed by atoms with Crippen molar-refractivity contribution in [1.29, 1.82) is 0 Å². The monoisotopic (exact) mass is 150 g/mol. The number of fused-ring (bicyclic) bond motifs is 1. The molecular weight excluding hydrogens is 140 g/mol. The van der Waals surface area contributed by atoms with Crippen LogP contribution < -0.4 is 5.32 Å². The maximum absolute atomic E-state index is 4.05. The van der Waals surface area contributed by atoms with Crippen molar-refractivity contribution in [1.82, 2.24) is 14.8 Å². The number of hydrogen-bond acceptors (Lipinski definition) is 3. The van der Waals surface area contributed by atoms with Crippen LogP contribution in [-0.2, 0) is 6.54 Å². The Hall–Kier alpha value is -1.32. The normalized spacial score (nSPS) is 16.2. The quantitative estimate of drug-likeness (QED) is 0.600. The minimum Gasteiger partial charge on any atom is -0.328 e. The van der Waals surface area contributed by atoms with Gasteiger partial charge in [-0.3, -0.25) is 0 Å². The molecule has 11 heavy (non-hydrogen) atoms. The third-order valence-corrected chi connectivity index (χ3v) is 1.94. The Balaban J connectivity index is 2.41. The predicted octanol–water partition coefficient (Wildman–Crippen LogP) is 0.997. The van der Waals surface area contributed by atoms with E-state index in [1.165, 1.54) is 11.3 Å². The fourth-order valence-corrected chi connectivity index (χ4v) is 1.09. The molecule has 4 nitrogen and oxygen atoms in total. The smallest absolute Gasteiger partial charge is 0.225 e. The molecule has 1 aliphatic heterocycles. The zero-order valence-corrected chi connectivity index (χ0v) is 6.63. The molecule has 2 heterocycles. The lowest BCUT2D eigenvalue weighted by atomic mass is 10.2. The fraction of sp³-hybridized carbons (Fsp3) is 0.429. The molecule has 58 valence electrons. The molecular formula is C7H10N4. The molecule has 4 heteroatoms. The summed E-state index contributed by atoms with van der Waals surface area (Å²) >= 11 is 0. The van der Waals surface area contributed by atoms with Crippen LogP contribution in [0.1, 0.15) is 13.8 Å². The Morgan fingerprint density at radius 1 is 1.55 bits per heavy atom. The van der Waals surface area contributed by atoms with Crippen molar-refractivity contribution in [2.75, 3.05) is 5.32 Å². The van der Waals surface area contributed by atoms with Gasteiger partial charge in [-0.2, -0.15) is 10.1 Å². The van der Waals surface area contributed by atoms with Crippen molar-refractivity contribution in [2.45, 2.75) is 20.4 Å². The van der Waals surface area contributed by atoms with Crippen LogP contribution in [0.25, 0.3) is 0 Å². The SMILES string of the molecule is CC1=C(C)Nc2ncnn2C1. The molecule has 0 aromatic carbocycles. The fourth-order valence-electron chi connectivity index (χ4n) is 1.09. The third-order valence-electron chi connectivity index (χ3n) is 1.94. The number of rotatable bonds is 0. The van der Waals surface area contributed by atoms with Crippen molar-refractivity contribution in [2.24, 2.45) is 0 Å². The number of allylic oxidation sites excluding steroid dienone is 2. The van der Waals surface area contributed by atoms with Gasteiger partial charge in [0.05, 0.1) is 6.54 Å². The molecule has 0 saturated heterocycles. The maximum atomic E-state index is 4.05. The van der Waals surface area contributed by atoms with Gasteiger partial charge in [-0.1, -0.05) is 0 Å². The van der Waals surface area contributed by atoms with Crippen LogP contribution >= 0.6 is 0 Å². The summed E-state index contributed by atoms with van der Waals surface area (Å²) in [5.74, 6) is 0.841. The van der Waals surface area contributed by atoms with Crippen LogP contribution in [0.3, 0.4) is 0 Å². The molecule has 0 atom stereocenters. The number of aromatic nitrogens is 3. The first-order valence-electron chi connectivity index (χ1n) is 3.58. The molecule has 0 fully saturated rings. The van der Waals surface area contributed by atoms with Crippen LogP contribution in [0.5, 0.6) is 0 Å². The standard InChI is InChI=1S/C7H10N4/c1-5-3-11-7(8-4-9-11)10-6(5)2/h4H,3H2,1-2H3,(H,8,9,10). The predicted molar refractivity (Wildman–Crippen MR) is 42.0 cm³/mol. The molecule has 1 aromatic heterocycles. The molecule has 0 unspecified atom stereocenters. The first-order chi connectivity index (χ1) is 5.27. The molecule has 0 amide bonds. The summed E-state index contributed by atoms with van der Waals surface area (Å²) in [6.45, 7) is 4.99. The summed E-state index contributed by atoms with van der Waals surface area (Å²) < 4.78 is 1.85. The number of nitrogens with one attached hydrogen (secondary N) is 1. The summed E-state index contributed by atoms with van der Waals surface area (Å²) in [7, 11) is 0. The summed E-state index contributed by atoms with van der Waals surface area (Å²) in [6, 6.07) is 0. The number of hydrogen-bond donors (Lipinski definition) is 1. The van der Waals surface area contributed by atoms with Gasteiger partial charge in [-0.15, -0.1) is 0 Å². The topological polar surface area (TPSA) is 42.7 Å². The lowest BCUT2D eigenvalue weighted by Crippen LogP contribution is -2.16. The van der Waals surface area contributed by atoms with E-state index in [4.69, 9.17) is 0 Å². The third kappa shape index (κ3) is 0.906. The van der Waals surface area contributed by atoms with E-state index in [1.54, 1.807) is 6.33 Å². The van der Waals surface area contributed by atoms with Gasteiger partial charge >= 0.3 is 0 Å². The van der Waals surface area contributed by atoms with E-state index in [0.717, 1.165) is 12.5 Å². The Morgan fingerprint density at radius 2 is 2.36 bits per heavy atom. The lowest BCUT2D eigenvalue weighted by molar-refractivity contribution is 0.663. The zero-order chi connectivity index (χ0) is 7.84. The van der Waals surface area contributed by atoms with Gasteiger partial charge in [0, 0.05) is 5.70 Å². The van der Waals surface area contributed by atoms with Gasteiger partial charge in [-0.05, 0) is 19.4 Å². The average Bonchev–Trinajstić information content (AvgIpc) is 2.36. The molecule has 0 spiro atoms. The Morgan fingerprint density at radius 3 is 3.18 bits per heavy atom. The van der Waals surface area contributed by atoms with E-state index in [2.05, 4.69) is 22.3 Å². The number of anilines is 1. The van der Waals surface area contributed by atoms with Crippen molar-refractivity contribution in [3.63, 3.8) is 0 Å². The highest BCUT2D eigenvalue weighted by Gasteiger charge is 2.11. The first-order valence-corrected chi connectivity index (χ1v) is 3.58. The summed E-state index contributed by atoms with van der Waals surface area (Å²) in [5, 5.41) is 7.21. The minimum atomic E-state index is 0.841. The first kappa shape index (κ1) is 6.39. The van der Waals surface area contributed by atoms with E-state index in [9.17, 15) is 0 Å². The molecule has 2 rings (SSSR count). The summed E-state index contributed by atoms with van der Waals surface area (Å²) in [6.07, 6.45) is 1.56. The van der Waals surface area contributed by atoms with Crippen LogP contribution in [0.15, 0.2) is 17.6 Å². The average molecular weight is 150 g/mol. The molecule has 0 bridgehead atoms. The van der Waals surface area contributed by atoms with Gasteiger partial charge in [0.15, 0.2) is 0 Å². The Kier molecular flexibility index (Phi) is 1.21. The summed E-state index contributed by atoms with van der Waals surface area (Å²) in [5.41, 5.74) is 2.49. The van der Waals surface area contributed by atoms with Gasteiger partial charge in [0.2, 0.25) is 5.95 Å². The van der Waals surface area contributed by atoms with E-state index >= 15 is 0 Å². The van der Waals surface area contributed by atoms with Gasteiger partial charge < -0.3 is 5.32 Å². The minimum absolute atomic E-state index is 0.841. The van der Waals surface area contributed by atoms with Crippen molar-refractivity contribution in [3.05, 3.63) is 17.6 Å². The van der Waals surface area contributed by atoms with Crippen LogP contribution in [0, 0.1) is 0 Å². The second kappa shape index (κ2) is 2.08. The van der Waals surface area contributed by atoms with E-state index in [1.807, 2.05) is 11.6 Å². The molecule has 1 aliphatic rings. The summed E-state index contributed by atoms with van der Waals surface area (Å²) in [4.78, 5) is 4.05. The lowest BCUT2D eigenvalue weighted by Gasteiger charge is -2.16. The highest BCUT2D eigenvalue weighted by Crippen LogP contribution is 2.16. The van der Waals surface area contributed by atoms with Gasteiger partial charge in [0.1, 0.15) is 6.33 Å². The zero-order valence-electron chi connectivity index (χ0n) is 6.63. The second-order valence-corrected chi connectivity index (χ2v) is 2.77. The number of nitrogens with zero attached hydrogens (tertiary/aromatic N) is 3. The maximum Gasteiger partial charge on any atom is 0.225 e. The second-order valence-electron chi connectivity index (χ2n) is 2.77. The van der Waals surface area contributed by atoms with Gasteiger partial charge in [-0.25, -0.2) is 4.68 Å². The van der Waals surface area contributed by atoms with E-state index in [-0.39, 0.29) is 0 Å². The van der Waals surface area contributed by atoms with Crippen molar-refractivity contribution >= 4 is 5.95 Å². The van der Waals surface area contributed by atoms with Crippen LogP contribution in [-0.4, -0.2) is 14.8 Å². The Bertz CT molecular complexity index is 281. The molecule has 0 radical (unpaired) electrons. The van der Waals surface area contributed by atoms with E-state index in [0.29, 0.717) is 0 Å². The highest BCUT2D eigenvalue weighted by atomic mass is 15.4. The van der Waals surface area contributed by atoms with Crippen molar-refractivity contribution in [3.8, 4) is 0 Å². The van der Waals surface area contributed by atoms with Crippen LogP contribution in [0.2, 0.25) is 0 Å². The molecule has 1 aromatic rings.